The number of hydrogen-bond donors (Lipinski definition) is 0. The number of hydrogen-bond acceptors (Lipinski definition) is 5. The summed E-state index contributed by atoms with van der Waals surface area (Å²) in [6.45, 7) is 5.17. The van der Waals surface area contributed by atoms with Gasteiger partial charge in [-0.25, -0.2) is 4.98 Å². The number of nitrogens with zero attached hydrogens (tertiary/aromatic N) is 3. The normalized spacial score (nSPS) is 11.2. The number of amides is 1. The van der Waals surface area contributed by atoms with Crippen LogP contribution >= 0.6 is 22.9 Å². The number of anilines is 1. The van der Waals surface area contributed by atoms with Crippen molar-refractivity contribution in [3.8, 4) is 5.75 Å². The average molecular weight is 418 g/mol. The fourth-order valence-electron chi connectivity index (χ4n) is 2.76. The van der Waals surface area contributed by atoms with E-state index in [0.29, 0.717) is 22.4 Å². The molecule has 0 aliphatic carbocycles. The highest BCUT2D eigenvalue weighted by Gasteiger charge is 2.21. The second kappa shape index (κ2) is 8.90. The Morgan fingerprint density at radius 2 is 1.96 bits per heavy atom. The molecule has 1 heterocycles. The minimum absolute atomic E-state index is 0.0352. The van der Waals surface area contributed by atoms with Crippen molar-refractivity contribution < 1.29 is 9.53 Å². The molecule has 28 heavy (non-hydrogen) atoms. The van der Waals surface area contributed by atoms with Gasteiger partial charge in [-0.3, -0.25) is 9.69 Å². The first-order chi connectivity index (χ1) is 13.3. The number of rotatable bonds is 7. The maximum absolute atomic E-state index is 13.0. The molecule has 1 amide bonds. The second-order valence-electron chi connectivity index (χ2n) is 6.97. The summed E-state index contributed by atoms with van der Waals surface area (Å²) < 4.78 is 6.74. The topological polar surface area (TPSA) is 45.7 Å². The van der Waals surface area contributed by atoms with E-state index in [4.69, 9.17) is 21.3 Å². The molecule has 0 saturated carbocycles. The van der Waals surface area contributed by atoms with Crippen LogP contribution < -0.4 is 9.64 Å². The Morgan fingerprint density at radius 1 is 1.18 bits per heavy atom. The molecule has 7 heteroatoms. The predicted molar refractivity (Wildman–Crippen MR) is 117 cm³/mol. The summed E-state index contributed by atoms with van der Waals surface area (Å²) in [4.78, 5) is 21.4. The zero-order chi connectivity index (χ0) is 20.3. The lowest BCUT2D eigenvalue weighted by molar-refractivity contribution is -0.120. The predicted octanol–water partition coefficient (Wildman–Crippen LogP) is 4.54. The lowest BCUT2D eigenvalue weighted by Crippen LogP contribution is -2.39. The Balaban J connectivity index is 1.83. The summed E-state index contributed by atoms with van der Waals surface area (Å²) in [7, 11) is 3.96. The van der Waals surface area contributed by atoms with E-state index >= 15 is 0 Å². The monoisotopic (exact) mass is 417 g/mol. The van der Waals surface area contributed by atoms with Crippen LogP contribution in [-0.4, -0.2) is 49.6 Å². The molecule has 0 aliphatic rings. The highest BCUT2D eigenvalue weighted by Crippen LogP contribution is 2.33. The van der Waals surface area contributed by atoms with E-state index in [-0.39, 0.29) is 12.5 Å². The molecule has 0 aliphatic heterocycles. The van der Waals surface area contributed by atoms with E-state index in [2.05, 4.69) is 0 Å². The van der Waals surface area contributed by atoms with Gasteiger partial charge in [-0.05, 0) is 63.3 Å². The minimum atomic E-state index is -0.119. The first kappa shape index (κ1) is 20.6. The fraction of sp³-hybridized carbons (Fsp3) is 0.333. The largest absolute Gasteiger partial charge is 0.484 e. The number of benzene rings is 2. The van der Waals surface area contributed by atoms with Crippen molar-refractivity contribution in [1.29, 1.82) is 0 Å². The van der Waals surface area contributed by atoms with Gasteiger partial charge < -0.3 is 9.64 Å². The van der Waals surface area contributed by atoms with Crippen LogP contribution in [0.15, 0.2) is 36.4 Å². The van der Waals surface area contributed by atoms with Crippen LogP contribution in [0.1, 0.15) is 11.1 Å². The van der Waals surface area contributed by atoms with E-state index in [0.717, 1.165) is 27.9 Å². The van der Waals surface area contributed by atoms with Gasteiger partial charge in [0.2, 0.25) is 0 Å². The number of aromatic nitrogens is 1. The van der Waals surface area contributed by atoms with Gasteiger partial charge in [0, 0.05) is 18.1 Å². The first-order valence-corrected chi connectivity index (χ1v) is 10.2. The van der Waals surface area contributed by atoms with Crippen LogP contribution in [-0.2, 0) is 4.79 Å². The Hall–Kier alpha value is -2.15. The molecule has 0 saturated heterocycles. The number of carbonyl (C=O) groups excluding carboxylic acids is 1. The molecule has 0 fully saturated rings. The smallest absolute Gasteiger partial charge is 0.266 e. The molecule has 0 spiro atoms. The van der Waals surface area contributed by atoms with E-state index in [1.807, 2.05) is 69.2 Å². The van der Waals surface area contributed by atoms with Crippen molar-refractivity contribution in [2.45, 2.75) is 13.8 Å². The third-order valence-corrected chi connectivity index (χ3v) is 5.84. The van der Waals surface area contributed by atoms with Crippen LogP contribution in [0.4, 0.5) is 5.13 Å². The Bertz CT molecular complexity index is 987. The van der Waals surface area contributed by atoms with Gasteiger partial charge in [-0.1, -0.05) is 35.1 Å². The first-order valence-electron chi connectivity index (χ1n) is 9.05. The van der Waals surface area contributed by atoms with Gasteiger partial charge in [0.1, 0.15) is 5.75 Å². The van der Waals surface area contributed by atoms with Gasteiger partial charge in [0.15, 0.2) is 11.7 Å². The second-order valence-corrected chi connectivity index (χ2v) is 8.39. The van der Waals surface area contributed by atoms with Crippen molar-refractivity contribution in [3.05, 3.63) is 52.5 Å². The van der Waals surface area contributed by atoms with Crippen molar-refractivity contribution >= 4 is 44.2 Å². The number of fused-ring (bicyclic) bond motifs is 1. The van der Waals surface area contributed by atoms with Crippen molar-refractivity contribution in [2.24, 2.45) is 0 Å². The molecule has 148 valence electrons. The van der Waals surface area contributed by atoms with Crippen LogP contribution in [0, 0.1) is 13.8 Å². The van der Waals surface area contributed by atoms with Crippen LogP contribution in [0.25, 0.3) is 10.2 Å². The van der Waals surface area contributed by atoms with E-state index in [1.54, 1.807) is 4.90 Å². The molecule has 0 N–H and O–H groups in total. The number of halogens is 1. The molecule has 1 aromatic heterocycles. The molecule has 2 aromatic carbocycles. The lowest BCUT2D eigenvalue weighted by Gasteiger charge is -2.22. The van der Waals surface area contributed by atoms with Gasteiger partial charge in [-0.15, -0.1) is 0 Å². The highest BCUT2D eigenvalue weighted by atomic mass is 35.5. The highest BCUT2D eigenvalue weighted by molar-refractivity contribution is 7.22. The third-order valence-electron chi connectivity index (χ3n) is 4.39. The number of ether oxygens (including phenoxy) is 1. The summed E-state index contributed by atoms with van der Waals surface area (Å²) >= 11 is 7.72. The number of aryl methyl sites for hydroxylation is 2. The van der Waals surface area contributed by atoms with Crippen molar-refractivity contribution in [2.75, 3.05) is 38.7 Å². The SMILES string of the molecule is Cc1cccc(OCC(=O)N(CCN(C)C)c2nc3c(C)c(Cl)ccc3s2)c1. The number of likely N-dealkylation sites (N-methyl/N-ethyl adjacent to an activating group) is 1. The molecule has 0 atom stereocenters. The zero-order valence-electron chi connectivity index (χ0n) is 16.5. The zero-order valence-corrected chi connectivity index (χ0v) is 18.1. The molecule has 0 unspecified atom stereocenters. The molecule has 0 bridgehead atoms. The van der Waals surface area contributed by atoms with Crippen molar-refractivity contribution in [1.82, 2.24) is 9.88 Å². The van der Waals surface area contributed by atoms with Crippen LogP contribution in [0.5, 0.6) is 5.75 Å². The minimum Gasteiger partial charge on any atom is -0.484 e. The summed E-state index contributed by atoms with van der Waals surface area (Å²) in [5, 5.41) is 1.35. The summed E-state index contributed by atoms with van der Waals surface area (Å²) in [5.41, 5.74) is 2.86. The summed E-state index contributed by atoms with van der Waals surface area (Å²) in [5.74, 6) is 0.569. The number of thiazole rings is 1. The van der Waals surface area contributed by atoms with Crippen molar-refractivity contribution in [3.63, 3.8) is 0 Å². The quantitative estimate of drug-likeness (QED) is 0.566. The van der Waals surface area contributed by atoms with Gasteiger partial charge in [0.05, 0.1) is 10.2 Å². The van der Waals surface area contributed by atoms with E-state index in [9.17, 15) is 4.79 Å². The molecule has 0 radical (unpaired) electrons. The average Bonchev–Trinajstić information content (AvgIpc) is 3.08. The van der Waals surface area contributed by atoms with Crippen LogP contribution in [0.3, 0.4) is 0 Å². The van der Waals surface area contributed by atoms with Gasteiger partial charge >= 0.3 is 0 Å². The summed E-state index contributed by atoms with van der Waals surface area (Å²) in [6.07, 6.45) is 0. The maximum atomic E-state index is 13.0. The van der Waals surface area contributed by atoms with E-state index in [1.165, 1.54) is 11.3 Å². The lowest BCUT2D eigenvalue weighted by atomic mass is 10.2. The van der Waals surface area contributed by atoms with Gasteiger partial charge in [-0.2, -0.15) is 0 Å². The standard InChI is InChI=1S/C21H24ClN3O2S/c1-14-6-5-7-16(12-14)27-13-19(26)25(11-10-24(3)4)21-23-20-15(2)17(22)8-9-18(20)28-21/h5-9,12H,10-11,13H2,1-4H3. The van der Waals surface area contributed by atoms with E-state index < -0.39 is 0 Å². The maximum Gasteiger partial charge on any atom is 0.266 e. The Labute approximate surface area is 174 Å². The molecule has 3 rings (SSSR count). The van der Waals surface area contributed by atoms with Crippen LogP contribution in [0.2, 0.25) is 5.02 Å². The molecular weight excluding hydrogens is 394 g/mol. The third kappa shape index (κ3) is 4.82. The Kier molecular flexibility index (Phi) is 6.54. The summed E-state index contributed by atoms with van der Waals surface area (Å²) in [6, 6.07) is 11.5. The molecule has 5 nitrogen and oxygen atoms in total. The molecule has 3 aromatic rings. The number of carbonyl (C=O) groups is 1. The van der Waals surface area contributed by atoms with Gasteiger partial charge in [0.25, 0.3) is 5.91 Å². The fourth-order valence-corrected chi connectivity index (χ4v) is 3.98. The Morgan fingerprint density at radius 3 is 2.68 bits per heavy atom. The molecular formula is C21H24ClN3O2S.